The molecule has 0 spiro atoms. The third kappa shape index (κ3) is 6.24. The Morgan fingerprint density at radius 3 is 2.46 bits per heavy atom. The molecule has 8 heteroatoms. The molecular formula is C29H33N3O4P+. The van der Waals surface area contributed by atoms with E-state index in [2.05, 4.69) is 4.98 Å². The molecule has 3 unspecified atom stereocenters. The van der Waals surface area contributed by atoms with E-state index in [1.165, 1.54) is 0 Å². The number of fused-ring (bicyclic) bond motifs is 2. The van der Waals surface area contributed by atoms with Crippen molar-refractivity contribution in [3.63, 3.8) is 0 Å². The van der Waals surface area contributed by atoms with E-state index in [0.717, 1.165) is 37.5 Å². The molecule has 1 aromatic heterocycles. The van der Waals surface area contributed by atoms with Crippen LogP contribution in [0.15, 0.2) is 72.9 Å². The Balaban J connectivity index is 1.61. The first-order valence-electron chi connectivity index (χ1n) is 12.5. The lowest BCUT2D eigenvalue weighted by Gasteiger charge is -2.23. The number of carbonyl (C=O) groups excluding carboxylic acids is 1. The Kier molecular flexibility index (Phi) is 8.37. The van der Waals surface area contributed by atoms with Gasteiger partial charge in [0.2, 0.25) is 0 Å². The monoisotopic (exact) mass is 518 g/mol. The average molecular weight is 519 g/mol. The molecule has 7 nitrogen and oxygen atoms in total. The number of aromatic nitrogens is 1. The van der Waals surface area contributed by atoms with Gasteiger partial charge in [-0.2, -0.15) is 0 Å². The quantitative estimate of drug-likeness (QED) is 0.227. The highest BCUT2D eigenvalue weighted by molar-refractivity contribution is 7.43. The molecule has 1 heterocycles. The second kappa shape index (κ2) is 11.7. The summed E-state index contributed by atoms with van der Waals surface area (Å²) < 4.78 is 14.7. The Morgan fingerprint density at radius 1 is 1.03 bits per heavy atom. The van der Waals surface area contributed by atoms with E-state index in [1.54, 1.807) is 6.20 Å². The van der Waals surface area contributed by atoms with Gasteiger partial charge in [0, 0.05) is 29.9 Å². The van der Waals surface area contributed by atoms with Crippen molar-refractivity contribution in [1.29, 1.82) is 0 Å². The normalized spacial score (nSPS) is 13.6. The lowest BCUT2D eigenvalue weighted by Crippen LogP contribution is -2.49. The number of carboxylic acid groups (broad SMARTS) is 1. The molecule has 4 rings (SSSR count). The molecule has 0 saturated carbocycles. The number of nitrogens with zero attached hydrogens (tertiary/aromatic N) is 1. The molecule has 0 aliphatic heterocycles. The second-order valence-electron chi connectivity index (χ2n) is 9.84. The van der Waals surface area contributed by atoms with Gasteiger partial charge in [0.05, 0.1) is 6.04 Å². The molecule has 4 aromatic rings. The van der Waals surface area contributed by atoms with Crippen LogP contribution in [0.1, 0.15) is 31.4 Å². The first-order chi connectivity index (χ1) is 17.7. The van der Waals surface area contributed by atoms with Crippen LogP contribution in [-0.4, -0.2) is 44.9 Å². The van der Waals surface area contributed by atoms with Gasteiger partial charge in [0.1, 0.15) is 0 Å². The summed E-state index contributed by atoms with van der Waals surface area (Å²) in [4.78, 5) is 29.1. The minimum Gasteiger partial charge on any atom is -0.480 e. The van der Waals surface area contributed by atoms with Crippen LogP contribution in [0, 0.1) is 5.92 Å². The van der Waals surface area contributed by atoms with Gasteiger partial charge in [-0.05, 0) is 44.9 Å². The van der Waals surface area contributed by atoms with Crippen molar-refractivity contribution in [2.75, 3.05) is 6.16 Å². The standard InChI is InChI=1S/C29H32N3O4P/c1-19(2)15-25(30)28(33)32(27(29(34)35)17-23-18-31-26-10-6-5-9-24(23)26)37(36)14-13-20-11-12-21-7-3-4-8-22(21)16-20/h3-12,16,18-19,25,27,31H,13-15,17,30H2,1-2H3/p+1. The molecule has 0 radical (unpaired) electrons. The van der Waals surface area contributed by atoms with Crippen LogP contribution in [0.5, 0.6) is 0 Å². The van der Waals surface area contributed by atoms with E-state index in [1.807, 2.05) is 80.6 Å². The van der Waals surface area contributed by atoms with Gasteiger partial charge in [-0.1, -0.05) is 74.5 Å². The predicted octanol–water partition coefficient (Wildman–Crippen LogP) is 5.50. The van der Waals surface area contributed by atoms with E-state index in [0.29, 0.717) is 12.8 Å². The van der Waals surface area contributed by atoms with Crippen molar-refractivity contribution in [1.82, 2.24) is 9.65 Å². The van der Waals surface area contributed by atoms with Gasteiger partial charge >= 0.3 is 13.9 Å². The Morgan fingerprint density at radius 2 is 1.73 bits per heavy atom. The number of H-pyrrole nitrogens is 1. The molecule has 3 aromatic carbocycles. The molecular weight excluding hydrogens is 485 g/mol. The van der Waals surface area contributed by atoms with E-state index in [-0.39, 0.29) is 18.5 Å². The van der Waals surface area contributed by atoms with Gasteiger partial charge in [-0.25, -0.2) is 4.79 Å². The average Bonchev–Trinajstić information content (AvgIpc) is 3.29. The van der Waals surface area contributed by atoms with Crippen LogP contribution in [0.3, 0.4) is 0 Å². The number of rotatable bonds is 11. The minimum absolute atomic E-state index is 0.0243. The third-order valence-electron chi connectivity index (χ3n) is 6.58. The number of para-hydroxylation sites is 1. The maximum absolute atomic E-state index is 13.7. The van der Waals surface area contributed by atoms with Crippen molar-refractivity contribution in [3.8, 4) is 0 Å². The Hall–Kier alpha value is -3.54. The highest BCUT2D eigenvalue weighted by Gasteiger charge is 2.45. The van der Waals surface area contributed by atoms with Crippen LogP contribution < -0.4 is 5.73 Å². The summed E-state index contributed by atoms with van der Waals surface area (Å²) in [6.07, 6.45) is 2.74. The Bertz CT molecular complexity index is 1430. The fraction of sp³-hybridized carbons (Fsp3) is 0.310. The summed E-state index contributed by atoms with van der Waals surface area (Å²) in [6, 6.07) is 19.3. The molecule has 0 aliphatic rings. The number of carbonyl (C=O) groups is 2. The van der Waals surface area contributed by atoms with E-state index >= 15 is 0 Å². The summed E-state index contributed by atoms with van der Waals surface area (Å²) in [7, 11) is -2.34. The zero-order valence-corrected chi connectivity index (χ0v) is 22.0. The number of benzene rings is 3. The van der Waals surface area contributed by atoms with Crippen LogP contribution in [-0.2, 0) is 27.0 Å². The number of amides is 1. The summed E-state index contributed by atoms with van der Waals surface area (Å²) in [5.74, 6) is -1.65. The van der Waals surface area contributed by atoms with Crippen LogP contribution >= 0.6 is 7.95 Å². The largest absolute Gasteiger partial charge is 0.480 e. The van der Waals surface area contributed by atoms with Crippen LogP contribution in [0.25, 0.3) is 21.7 Å². The number of nitrogens with one attached hydrogen (secondary N) is 1. The molecule has 4 N–H and O–H groups in total. The number of aliphatic carboxylic acids is 1. The first-order valence-corrected chi connectivity index (χ1v) is 13.9. The number of aromatic amines is 1. The fourth-order valence-corrected chi connectivity index (χ4v) is 6.24. The zero-order valence-electron chi connectivity index (χ0n) is 21.1. The van der Waals surface area contributed by atoms with Crippen molar-refractivity contribution >= 4 is 41.5 Å². The van der Waals surface area contributed by atoms with Crippen molar-refractivity contribution in [3.05, 3.63) is 84.1 Å². The highest BCUT2D eigenvalue weighted by atomic mass is 31.1. The van der Waals surface area contributed by atoms with Crippen molar-refractivity contribution < 1.29 is 19.3 Å². The van der Waals surface area contributed by atoms with Crippen LogP contribution in [0.2, 0.25) is 0 Å². The molecule has 192 valence electrons. The van der Waals surface area contributed by atoms with E-state index in [9.17, 15) is 19.3 Å². The van der Waals surface area contributed by atoms with E-state index < -0.39 is 31.9 Å². The van der Waals surface area contributed by atoms with Gasteiger partial charge in [0.25, 0.3) is 5.91 Å². The second-order valence-corrected chi connectivity index (χ2v) is 11.4. The molecule has 0 saturated heterocycles. The molecule has 0 fully saturated rings. The van der Waals surface area contributed by atoms with Gasteiger partial charge < -0.3 is 15.8 Å². The van der Waals surface area contributed by atoms with Gasteiger partial charge in [-0.3, -0.25) is 4.79 Å². The maximum Gasteiger partial charge on any atom is 0.466 e. The van der Waals surface area contributed by atoms with Gasteiger partial charge in [0.15, 0.2) is 12.2 Å². The number of nitrogens with two attached hydrogens (primary N) is 1. The summed E-state index contributed by atoms with van der Waals surface area (Å²) in [5, 5.41) is 13.3. The lowest BCUT2D eigenvalue weighted by molar-refractivity contribution is -0.146. The molecule has 3 atom stereocenters. The maximum atomic E-state index is 13.7. The zero-order chi connectivity index (χ0) is 26.5. The number of hydrogen-bond donors (Lipinski definition) is 3. The molecule has 37 heavy (non-hydrogen) atoms. The fourth-order valence-electron chi connectivity index (χ4n) is 4.71. The SMILES string of the molecule is CC(C)CC(N)C(=O)N(C(Cc1c[nH]c2ccccc12)C(=O)O)[P+](=O)CCc1ccc2ccccc2c1. The number of hydrogen-bond acceptors (Lipinski definition) is 4. The summed E-state index contributed by atoms with van der Waals surface area (Å²) >= 11 is 0. The Labute approximate surface area is 217 Å². The van der Waals surface area contributed by atoms with Crippen molar-refractivity contribution in [2.24, 2.45) is 11.7 Å². The van der Waals surface area contributed by atoms with Gasteiger partial charge in [-0.15, -0.1) is 4.67 Å². The molecule has 0 bridgehead atoms. The number of aryl methyl sites for hydroxylation is 1. The predicted molar refractivity (Wildman–Crippen MR) is 148 cm³/mol. The summed E-state index contributed by atoms with van der Waals surface area (Å²) in [6.45, 7) is 3.88. The third-order valence-corrected chi connectivity index (χ3v) is 8.15. The minimum atomic E-state index is -2.34. The number of carboxylic acids is 1. The highest BCUT2D eigenvalue weighted by Crippen LogP contribution is 2.34. The summed E-state index contributed by atoms with van der Waals surface area (Å²) in [5.41, 5.74) is 8.80. The topological polar surface area (TPSA) is 116 Å². The first kappa shape index (κ1) is 26.5. The lowest BCUT2D eigenvalue weighted by atomic mass is 10.0. The van der Waals surface area contributed by atoms with Crippen molar-refractivity contribution in [2.45, 2.75) is 45.2 Å². The van der Waals surface area contributed by atoms with Crippen LogP contribution in [0.4, 0.5) is 0 Å². The molecule has 0 aliphatic carbocycles. The van der Waals surface area contributed by atoms with E-state index in [4.69, 9.17) is 5.73 Å². The smallest absolute Gasteiger partial charge is 0.466 e. The molecule has 1 amide bonds.